The highest BCUT2D eigenvalue weighted by Crippen LogP contribution is 2.22. The average Bonchev–Trinajstić information content (AvgIpc) is 3.21. The Morgan fingerprint density at radius 3 is 2.67 bits per heavy atom. The normalized spacial score (nSPS) is 12.4. The zero-order chi connectivity index (χ0) is 17.1. The fourth-order valence-electron chi connectivity index (χ4n) is 3.12. The Morgan fingerprint density at radius 2 is 1.92 bits per heavy atom. The summed E-state index contributed by atoms with van der Waals surface area (Å²) in [6.45, 7) is 6.14. The lowest BCUT2D eigenvalue weighted by atomic mass is 10.1. The SMILES string of the molecule is CCc1nc2nc(C#N)cc(C)c2[nH]1.Cc1ccc2c(c1)CCC2. The molecule has 1 N–H and O–H groups in total. The number of nitrogens with zero attached hydrogens (tertiary/aromatic N) is 3. The van der Waals surface area contributed by atoms with Crippen LogP contribution < -0.4 is 0 Å². The van der Waals surface area contributed by atoms with Crippen LogP contribution in [-0.2, 0) is 19.3 Å². The van der Waals surface area contributed by atoms with Gasteiger partial charge in [0.2, 0.25) is 0 Å². The molecule has 4 rings (SSSR count). The molecule has 0 spiro atoms. The number of H-pyrrole nitrogens is 1. The largest absolute Gasteiger partial charge is 0.340 e. The molecule has 0 saturated carbocycles. The number of aryl methyl sites for hydroxylation is 5. The first-order chi connectivity index (χ1) is 11.6. The summed E-state index contributed by atoms with van der Waals surface area (Å²) in [5, 5.41) is 8.74. The molecular formula is C20H22N4. The van der Waals surface area contributed by atoms with Gasteiger partial charge in [-0.15, -0.1) is 0 Å². The Hall–Kier alpha value is -2.67. The van der Waals surface area contributed by atoms with Gasteiger partial charge < -0.3 is 4.98 Å². The number of aromatic amines is 1. The fourth-order valence-corrected chi connectivity index (χ4v) is 3.12. The maximum Gasteiger partial charge on any atom is 0.179 e. The van der Waals surface area contributed by atoms with Crippen LogP contribution in [0.3, 0.4) is 0 Å². The molecule has 0 unspecified atom stereocenters. The number of nitriles is 1. The molecule has 2 heterocycles. The van der Waals surface area contributed by atoms with E-state index >= 15 is 0 Å². The van der Waals surface area contributed by atoms with E-state index in [-0.39, 0.29) is 0 Å². The van der Waals surface area contributed by atoms with Crippen LogP contribution in [-0.4, -0.2) is 15.0 Å². The molecule has 0 bridgehead atoms. The standard InChI is InChI=1S/C10H10N4.C10H12/c1-3-8-13-9-6(2)4-7(5-11)12-10(9)14-8;1-8-5-6-9-3-2-4-10(9)7-8/h4H,3H2,1-2H3,(H,12,13,14);5-7H,2-4H2,1H3. The number of imidazole rings is 1. The topological polar surface area (TPSA) is 65.4 Å². The minimum atomic E-state index is 0.421. The number of hydrogen-bond donors (Lipinski definition) is 1. The molecular weight excluding hydrogens is 296 g/mol. The molecule has 3 aromatic rings. The predicted molar refractivity (Wildman–Crippen MR) is 95.9 cm³/mol. The third kappa shape index (κ3) is 3.30. The quantitative estimate of drug-likeness (QED) is 0.732. The lowest BCUT2D eigenvalue weighted by molar-refractivity contribution is 0.911. The van der Waals surface area contributed by atoms with Gasteiger partial charge in [-0.25, -0.2) is 9.97 Å². The van der Waals surface area contributed by atoms with Crippen molar-refractivity contribution in [1.82, 2.24) is 15.0 Å². The zero-order valence-electron chi connectivity index (χ0n) is 14.5. The van der Waals surface area contributed by atoms with Crippen molar-refractivity contribution >= 4 is 11.2 Å². The predicted octanol–water partition coefficient (Wildman–Crippen LogP) is 4.18. The summed E-state index contributed by atoms with van der Waals surface area (Å²) >= 11 is 0. The van der Waals surface area contributed by atoms with Crippen molar-refractivity contribution in [2.24, 2.45) is 0 Å². The monoisotopic (exact) mass is 318 g/mol. The number of rotatable bonds is 1. The van der Waals surface area contributed by atoms with Crippen LogP contribution in [0, 0.1) is 25.2 Å². The van der Waals surface area contributed by atoms with Gasteiger partial charge in [0.05, 0.1) is 5.52 Å². The zero-order valence-corrected chi connectivity index (χ0v) is 14.5. The maximum atomic E-state index is 8.74. The first-order valence-electron chi connectivity index (χ1n) is 8.45. The van der Waals surface area contributed by atoms with Gasteiger partial charge in [-0.1, -0.05) is 30.7 Å². The van der Waals surface area contributed by atoms with Crippen molar-refractivity contribution < 1.29 is 0 Å². The summed E-state index contributed by atoms with van der Waals surface area (Å²) in [4.78, 5) is 11.6. The Labute approximate surface area is 142 Å². The lowest BCUT2D eigenvalue weighted by Crippen LogP contribution is -1.86. The Balaban J connectivity index is 0.000000149. The first-order valence-corrected chi connectivity index (χ1v) is 8.45. The summed E-state index contributed by atoms with van der Waals surface area (Å²) < 4.78 is 0. The summed E-state index contributed by atoms with van der Waals surface area (Å²) in [5.74, 6) is 0.908. The Morgan fingerprint density at radius 1 is 1.12 bits per heavy atom. The van der Waals surface area contributed by atoms with E-state index in [4.69, 9.17) is 5.26 Å². The van der Waals surface area contributed by atoms with E-state index in [1.807, 2.05) is 19.9 Å². The number of benzene rings is 1. The van der Waals surface area contributed by atoms with Crippen molar-refractivity contribution in [3.05, 3.63) is 58.0 Å². The van der Waals surface area contributed by atoms with Crippen LogP contribution in [0.15, 0.2) is 24.3 Å². The van der Waals surface area contributed by atoms with Crippen LogP contribution >= 0.6 is 0 Å². The molecule has 0 saturated heterocycles. The van der Waals surface area contributed by atoms with Crippen molar-refractivity contribution in [3.8, 4) is 6.07 Å². The van der Waals surface area contributed by atoms with E-state index in [1.165, 1.54) is 24.8 Å². The second-order valence-corrected chi connectivity index (χ2v) is 6.30. The fraction of sp³-hybridized carbons (Fsp3) is 0.350. The molecule has 0 amide bonds. The van der Waals surface area contributed by atoms with E-state index in [0.29, 0.717) is 11.3 Å². The highest BCUT2D eigenvalue weighted by atomic mass is 15.0. The molecule has 1 aliphatic rings. The smallest absolute Gasteiger partial charge is 0.179 e. The minimum absolute atomic E-state index is 0.421. The first kappa shape index (κ1) is 16.2. The van der Waals surface area contributed by atoms with E-state index in [2.05, 4.69) is 40.1 Å². The molecule has 2 aromatic heterocycles. The van der Waals surface area contributed by atoms with Crippen LogP contribution in [0.1, 0.15) is 47.1 Å². The van der Waals surface area contributed by atoms with Gasteiger partial charge in [-0.3, -0.25) is 0 Å². The Kier molecular flexibility index (Phi) is 4.61. The minimum Gasteiger partial charge on any atom is -0.340 e. The van der Waals surface area contributed by atoms with Gasteiger partial charge in [0.15, 0.2) is 5.65 Å². The maximum absolute atomic E-state index is 8.74. The Bertz CT molecular complexity index is 915. The third-order valence-corrected chi connectivity index (χ3v) is 4.41. The summed E-state index contributed by atoms with van der Waals surface area (Å²) in [6, 6.07) is 10.6. The number of pyridine rings is 1. The van der Waals surface area contributed by atoms with Crippen molar-refractivity contribution in [2.75, 3.05) is 0 Å². The molecule has 24 heavy (non-hydrogen) atoms. The summed E-state index contributed by atoms with van der Waals surface area (Å²) in [7, 11) is 0. The van der Waals surface area contributed by atoms with Crippen molar-refractivity contribution in [2.45, 2.75) is 46.5 Å². The molecule has 0 atom stereocenters. The molecule has 4 nitrogen and oxygen atoms in total. The van der Waals surface area contributed by atoms with Gasteiger partial charge in [0.25, 0.3) is 0 Å². The summed E-state index contributed by atoms with van der Waals surface area (Å²) in [6.07, 6.45) is 4.81. The average molecular weight is 318 g/mol. The van der Waals surface area contributed by atoms with Crippen LogP contribution in [0.2, 0.25) is 0 Å². The van der Waals surface area contributed by atoms with Crippen molar-refractivity contribution in [3.63, 3.8) is 0 Å². The van der Waals surface area contributed by atoms with Gasteiger partial charge in [0.1, 0.15) is 17.6 Å². The van der Waals surface area contributed by atoms with Crippen molar-refractivity contribution in [1.29, 1.82) is 5.26 Å². The number of aromatic nitrogens is 3. The van der Waals surface area contributed by atoms with E-state index in [0.717, 1.165) is 23.3 Å². The number of hydrogen-bond acceptors (Lipinski definition) is 3. The molecule has 0 aliphatic heterocycles. The molecule has 1 aromatic carbocycles. The number of fused-ring (bicyclic) bond motifs is 2. The van der Waals surface area contributed by atoms with Gasteiger partial charge in [-0.2, -0.15) is 5.26 Å². The highest BCUT2D eigenvalue weighted by Gasteiger charge is 2.09. The second kappa shape index (κ2) is 6.84. The molecule has 122 valence electrons. The lowest BCUT2D eigenvalue weighted by Gasteiger charge is -1.98. The van der Waals surface area contributed by atoms with Gasteiger partial charge in [0, 0.05) is 6.42 Å². The van der Waals surface area contributed by atoms with E-state index < -0.39 is 0 Å². The molecule has 1 aliphatic carbocycles. The van der Waals surface area contributed by atoms with Crippen LogP contribution in [0.5, 0.6) is 0 Å². The third-order valence-electron chi connectivity index (χ3n) is 4.41. The second-order valence-electron chi connectivity index (χ2n) is 6.30. The van der Waals surface area contributed by atoms with Crippen LogP contribution in [0.4, 0.5) is 0 Å². The molecule has 0 radical (unpaired) electrons. The molecule has 4 heteroatoms. The number of nitrogens with one attached hydrogen (secondary N) is 1. The van der Waals surface area contributed by atoms with Gasteiger partial charge in [-0.05, 0) is 55.9 Å². The van der Waals surface area contributed by atoms with Gasteiger partial charge >= 0.3 is 0 Å². The van der Waals surface area contributed by atoms with Crippen LogP contribution in [0.25, 0.3) is 11.2 Å². The van der Waals surface area contributed by atoms with E-state index in [9.17, 15) is 0 Å². The van der Waals surface area contributed by atoms with E-state index in [1.54, 1.807) is 17.2 Å². The molecule has 0 fully saturated rings. The highest BCUT2D eigenvalue weighted by molar-refractivity contribution is 5.75. The summed E-state index contributed by atoms with van der Waals surface area (Å²) in [5.41, 5.74) is 7.56.